The average molecular weight is 254 g/mol. The van der Waals surface area contributed by atoms with Gasteiger partial charge in [-0.25, -0.2) is 4.79 Å². The number of carboxylic acid groups (broad SMARTS) is 1. The van der Waals surface area contributed by atoms with E-state index in [9.17, 15) is 4.79 Å². The summed E-state index contributed by atoms with van der Waals surface area (Å²) in [6, 6.07) is 8.59. The molecule has 1 unspecified atom stereocenters. The molecule has 14 heavy (non-hydrogen) atoms. The van der Waals surface area contributed by atoms with E-state index in [0.29, 0.717) is 5.56 Å². The van der Waals surface area contributed by atoms with Gasteiger partial charge in [0.25, 0.3) is 0 Å². The zero-order chi connectivity index (χ0) is 10.8. The molecule has 1 atom stereocenters. The molecular weight excluding hydrogens is 246 g/mol. The van der Waals surface area contributed by atoms with Gasteiger partial charge < -0.3 is 5.11 Å². The molecule has 2 nitrogen and oxygen atoms in total. The van der Waals surface area contributed by atoms with Gasteiger partial charge in [-0.05, 0) is 5.56 Å². The van der Waals surface area contributed by atoms with Crippen LogP contribution in [-0.4, -0.2) is 15.4 Å². The highest BCUT2D eigenvalue weighted by atomic mass is 35.5. The third-order valence-electron chi connectivity index (χ3n) is 1.70. The highest BCUT2D eigenvalue weighted by Gasteiger charge is 2.42. The first-order valence-corrected chi connectivity index (χ1v) is 4.95. The second-order valence-corrected chi connectivity index (χ2v) is 4.52. The van der Waals surface area contributed by atoms with Crippen LogP contribution in [0.2, 0.25) is 0 Å². The molecule has 0 aliphatic heterocycles. The Kier molecular flexibility index (Phi) is 3.65. The van der Waals surface area contributed by atoms with Crippen molar-refractivity contribution in [3.05, 3.63) is 35.9 Å². The molecule has 0 aliphatic rings. The van der Waals surface area contributed by atoms with Gasteiger partial charge in [-0.1, -0.05) is 53.5 Å². The van der Waals surface area contributed by atoms with E-state index in [-0.39, 0.29) is 0 Å². The van der Waals surface area contributed by atoms with Crippen molar-refractivity contribution < 1.29 is 9.90 Å². The third-order valence-corrected chi connectivity index (χ3v) is 3.26. The summed E-state index contributed by atoms with van der Waals surface area (Å²) in [4.78, 5) is 10.7. The zero-order valence-electron chi connectivity index (χ0n) is 6.95. The van der Waals surface area contributed by atoms with Gasteiger partial charge in [0.15, 0.2) is 0 Å². The quantitative estimate of drug-likeness (QED) is 0.840. The van der Waals surface area contributed by atoms with Crippen LogP contribution in [-0.2, 0) is 4.79 Å². The van der Waals surface area contributed by atoms with Gasteiger partial charge in [0, 0.05) is 0 Å². The van der Waals surface area contributed by atoms with Crippen LogP contribution < -0.4 is 0 Å². The Morgan fingerprint density at radius 1 is 1.29 bits per heavy atom. The summed E-state index contributed by atoms with van der Waals surface area (Å²) in [6.07, 6.45) is 0. The second-order valence-electron chi connectivity index (χ2n) is 2.70. The molecule has 0 fully saturated rings. The van der Waals surface area contributed by atoms with Gasteiger partial charge in [0.1, 0.15) is 5.38 Å². The molecule has 0 radical (unpaired) electrons. The van der Waals surface area contributed by atoms with Gasteiger partial charge in [-0.3, -0.25) is 0 Å². The number of hydrogen-bond donors (Lipinski definition) is 1. The van der Waals surface area contributed by atoms with E-state index in [1.165, 1.54) is 0 Å². The van der Waals surface area contributed by atoms with E-state index in [1.807, 2.05) is 0 Å². The summed E-state index contributed by atoms with van der Waals surface area (Å²) in [6.45, 7) is 0. The lowest BCUT2D eigenvalue weighted by molar-refractivity contribution is -0.137. The van der Waals surface area contributed by atoms with E-state index < -0.39 is 15.7 Å². The van der Waals surface area contributed by atoms with Crippen LogP contribution in [0.3, 0.4) is 0 Å². The summed E-state index contributed by atoms with van der Waals surface area (Å²) in [7, 11) is 0. The van der Waals surface area contributed by atoms with Crippen molar-refractivity contribution >= 4 is 40.8 Å². The van der Waals surface area contributed by atoms with Crippen molar-refractivity contribution in [3.8, 4) is 0 Å². The van der Waals surface area contributed by atoms with Crippen LogP contribution in [0.15, 0.2) is 30.3 Å². The molecule has 1 aromatic rings. The lowest BCUT2D eigenvalue weighted by atomic mass is 10.1. The van der Waals surface area contributed by atoms with Crippen molar-refractivity contribution in [1.82, 2.24) is 0 Å². The lowest BCUT2D eigenvalue weighted by Gasteiger charge is -2.20. The van der Waals surface area contributed by atoms with Crippen molar-refractivity contribution in [1.29, 1.82) is 0 Å². The first-order valence-electron chi connectivity index (χ1n) is 3.76. The molecule has 5 heteroatoms. The summed E-state index contributed by atoms with van der Waals surface area (Å²) >= 11 is 17.0. The van der Waals surface area contributed by atoms with Gasteiger partial charge in [-0.15, -0.1) is 11.6 Å². The summed E-state index contributed by atoms with van der Waals surface area (Å²) < 4.78 is -2.01. The normalized spacial score (nSPS) is 13.6. The Hall–Kier alpha value is -0.440. The van der Waals surface area contributed by atoms with Crippen molar-refractivity contribution in [2.45, 2.75) is 9.71 Å². The summed E-state index contributed by atoms with van der Waals surface area (Å²) in [5.41, 5.74) is 0.571. The van der Waals surface area contributed by atoms with Gasteiger partial charge in [0.2, 0.25) is 4.33 Å². The minimum atomic E-state index is -2.01. The Labute approximate surface area is 96.4 Å². The first-order chi connectivity index (χ1) is 6.46. The molecule has 1 aromatic carbocycles. The maximum Gasteiger partial charge on any atom is 0.342 e. The average Bonchev–Trinajstić information content (AvgIpc) is 2.17. The minimum absolute atomic E-state index is 0.571. The van der Waals surface area contributed by atoms with Crippen molar-refractivity contribution in [2.75, 3.05) is 0 Å². The van der Waals surface area contributed by atoms with Crippen LogP contribution in [0.25, 0.3) is 0 Å². The minimum Gasteiger partial charge on any atom is -0.479 e. The SMILES string of the molecule is O=C(O)C(Cl)(Cl)C(Cl)c1ccccc1. The molecule has 0 heterocycles. The van der Waals surface area contributed by atoms with E-state index in [0.717, 1.165) is 0 Å². The highest BCUT2D eigenvalue weighted by Crippen LogP contribution is 2.40. The first kappa shape index (κ1) is 11.6. The Balaban J connectivity index is 2.96. The Bertz CT molecular complexity index is 324. The molecule has 76 valence electrons. The summed E-state index contributed by atoms with van der Waals surface area (Å²) in [5.74, 6) is -1.36. The number of aliphatic carboxylic acids is 1. The van der Waals surface area contributed by atoms with Gasteiger partial charge in [-0.2, -0.15) is 0 Å². The topological polar surface area (TPSA) is 37.3 Å². The van der Waals surface area contributed by atoms with Crippen LogP contribution in [0.1, 0.15) is 10.9 Å². The fourth-order valence-electron chi connectivity index (χ4n) is 0.940. The fraction of sp³-hybridized carbons (Fsp3) is 0.222. The van der Waals surface area contributed by atoms with Crippen molar-refractivity contribution in [3.63, 3.8) is 0 Å². The number of carbonyl (C=O) groups is 1. The van der Waals surface area contributed by atoms with Gasteiger partial charge in [0.05, 0.1) is 0 Å². The molecular formula is C9H7Cl3O2. The molecule has 0 saturated heterocycles. The Morgan fingerprint density at radius 3 is 2.21 bits per heavy atom. The molecule has 1 rings (SSSR count). The van der Waals surface area contributed by atoms with Crippen LogP contribution >= 0.6 is 34.8 Å². The maximum atomic E-state index is 10.7. The molecule has 0 amide bonds. The third kappa shape index (κ3) is 2.32. The van der Waals surface area contributed by atoms with E-state index >= 15 is 0 Å². The summed E-state index contributed by atoms with van der Waals surface area (Å²) in [5, 5.41) is 7.74. The largest absolute Gasteiger partial charge is 0.479 e. The molecule has 0 spiro atoms. The predicted octanol–water partition coefficient (Wildman–Crippen LogP) is 3.23. The smallest absolute Gasteiger partial charge is 0.342 e. The van der Waals surface area contributed by atoms with Gasteiger partial charge >= 0.3 is 5.97 Å². The van der Waals surface area contributed by atoms with E-state index in [4.69, 9.17) is 39.9 Å². The van der Waals surface area contributed by atoms with E-state index in [1.54, 1.807) is 30.3 Å². The molecule has 1 N–H and O–H groups in total. The molecule has 0 saturated carbocycles. The molecule has 0 aromatic heterocycles. The highest BCUT2D eigenvalue weighted by molar-refractivity contribution is 6.60. The Morgan fingerprint density at radius 2 is 1.79 bits per heavy atom. The second kappa shape index (κ2) is 4.39. The number of rotatable bonds is 3. The monoisotopic (exact) mass is 252 g/mol. The molecule has 0 bridgehead atoms. The number of alkyl halides is 3. The van der Waals surface area contributed by atoms with Crippen molar-refractivity contribution in [2.24, 2.45) is 0 Å². The van der Waals surface area contributed by atoms with E-state index in [2.05, 4.69) is 0 Å². The predicted molar refractivity (Wildman–Crippen MR) is 57.1 cm³/mol. The lowest BCUT2D eigenvalue weighted by Crippen LogP contribution is -2.30. The number of carboxylic acids is 1. The van der Waals surface area contributed by atoms with Crippen LogP contribution in [0, 0.1) is 0 Å². The number of benzene rings is 1. The maximum absolute atomic E-state index is 10.7. The molecule has 0 aliphatic carbocycles. The van der Waals surface area contributed by atoms with Crippen LogP contribution in [0.5, 0.6) is 0 Å². The zero-order valence-corrected chi connectivity index (χ0v) is 9.22. The number of hydrogen-bond acceptors (Lipinski definition) is 1. The standard InChI is InChI=1S/C9H7Cl3O2/c10-7(9(11,12)8(13)14)6-4-2-1-3-5-6/h1-5,7H,(H,13,14). The number of halogens is 3. The fourth-order valence-corrected chi connectivity index (χ4v) is 1.43. The van der Waals surface area contributed by atoms with Crippen LogP contribution in [0.4, 0.5) is 0 Å².